The number of amides is 1. The van der Waals surface area contributed by atoms with Gasteiger partial charge in [0.05, 0.1) is 6.04 Å². The molecule has 2 aromatic carbocycles. The second-order valence-electron chi connectivity index (χ2n) is 5.23. The van der Waals surface area contributed by atoms with Gasteiger partial charge in [-0.1, -0.05) is 18.2 Å². The topological polar surface area (TPSA) is 75.3 Å². The summed E-state index contributed by atoms with van der Waals surface area (Å²) in [5, 5.41) is 2.63. The molecule has 0 aliphatic heterocycles. The van der Waals surface area contributed by atoms with E-state index in [9.17, 15) is 17.6 Å². The van der Waals surface area contributed by atoms with Gasteiger partial charge in [-0.2, -0.15) is 4.72 Å². The molecule has 8 heteroatoms. The number of carbonyl (C=O) groups excluding carboxylic acids is 1. The van der Waals surface area contributed by atoms with Crippen molar-refractivity contribution in [3.63, 3.8) is 0 Å². The van der Waals surface area contributed by atoms with Gasteiger partial charge in [0.15, 0.2) is 0 Å². The molecule has 24 heavy (non-hydrogen) atoms. The van der Waals surface area contributed by atoms with Gasteiger partial charge in [0.2, 0.25) is 15.9 Å². The van der Waals surface area contributed by atoms with Crippen molar-refractivity contribution >= 4 is 44.2 Å². The van der Waals surface area contributed by atoms with E-state index in [0.717, 1.165) is 21.3 Å². The smallest absolute Gasteiger partial charge is 0.244 e. The number of anilines is 1. The van der Waals surface area contributed by atoms with Crippen molar-refractivity contribution in [2.24, 2.45) is 0 Å². The summed E-state index contributed by atoms with van der Waals surface area (Å²) in [6, 6.07) is 9.30. The van der Waals surface area contributed by atoms with Crippen LogP contribution in [0.4, 0.5) is 10.1 Å². The summed E-state index contributed by atoms with van der Waals surface area (Å²) in [7, 11) is -4.13. The van der Waals surface area contributed by atoms with Crippen LogP contribution in [0.1, 0.15) is 12.5 Å². The fourth-order valence-electron chi connectivity index (χ4n) is 1.93. The van der Waals surface area contributed by atoms with Gasteiger partial charge in [-0.25, -0.2) is 12.8 Å². The van der Waals surface area contributed by atoms with Crippen LogP contribution in [-0.2, 0) is 14.8 Å². The van der Waals surface area contributed by atoms with Gasteiger partial charge in [0, 0.05) is 9.26 Å². The van der Waals surface area contributed by atoms with E-state index in [1.165, 1.54) is 19.1 Å². The van der Waals surface area contributed by atoms with Gasteiger partial charge in [-0.15, -0.1) is 0 Å². The number of rotatable bonds is 5. The zero-order chi connectivity index (χ0) is 17.9. The van der Waals surface area contributed by atoms with E-state index in [2.05, 4.69) is 32.6 Å². The SMILES string of the molecule is Cc1ccc(NC(=O)[C@H](C)NS(=O)(=O)c2ccccc2F)cc1I. The molecule has 0 spiro atoms. The Bertz CT molecular complexity index is 871. The second-order valence-corrected chi connectivity index (χ2v) is 8.07. The Hall–Kier alpha value is -1.52. The molecule has 0 saturated heterocycles. The highest BCUT2D eigenvalue weighted by atomic mass is 127. The average molecular weight is 462 g/mol. The lowest BCUT2D eigenvalue weighted by atomic mass is 10.2. The van der Waals surface area contributed by atoms with E-state index in [1.54, 1.807) is 12.1 Å². The minimum atomic E-state index is -4.13. The third-order valence-electron chi connectivity index (χ3n) is 3.29. The number of halogens is 2. The van der Waals surface area contributed by atoms with Crippen molar-refractivity contribution in [3.05, 3.63) is 57.4 Å². The van der Waals surface area contributed by atoms with Crippen LogP contribution in [0.25, 0.3) is 0 Å². The molecule has 0 heterocycles. The lowest BCUT2D eigenvalue weighted by Crippen LogP contribution is -2.41. The molecule has 0 unspecified atom stereocenters. The van der Waals surface area contributed by atoms with Crippen molar-refractivity contribution in [3.8, 4) is 0 Å². The zero-order valence-corrected chi connectivity index (χ0v) is 16.0. The third kappa shape index (κ3) is 4.52. The fraction of sp³-hybridized carbons (Fsp3) is 0.188. The number of carbonyl (C=O) groups is 1. The van der Waals surface area contributed by atoms with E-state index in [4.69, 9.17) is 0 Å². The quantitative estimate of drug-likeness (QED) is 0.671. The van der Waals surface area contributed by atoms with Gasteiger partial charge < -0.3 is 5.32 Å². The Morgan fingerprint density at radius 1 is 1.21 bits per heavy atom. The van der Waals surface area contributed by atoms with Gasteiger partial charge in [0.1, 0.15) is 10.7 Å². The molecule has 0 bridgehead atoms. The second kappa shape index (κ2) is 7.58. The van der Waals surface area contributed by atoms with Crippen LogP contribution < -0.4 is 10.0 Å². The lowest BCUT2D eigenvalue weighted by molar-refractivity contribution is -0.117. The standard InChI is InChI=1S/C16H16FIN2O3S/c1-10-7-8-12(9-14(10)18)19-16(21)11(2)20-24(22,23)15-6-4-3-5-13(15)17/h3-9,11,20H,1-2H3,(H,19,21)/t11-/m0/s1. The Morgan fingerprint density at radius 2 is 1.88 bits per heavy atom. The number of benzene rings is 2. The van der Waals surface area contributed by atoms with Crippen LogP contribution in [0.5, 0.6) is 0 Å². The maximum absolute atomic E-state index is 13.6. The molecule has 2 N–H and O–H groups in total. The molecule has 2 aromatic rings. The van der Waals surface area contributed by atoms with Crippen LogP contribution in [0.15, 0.2) is 47.4 Å². The minimum Gasteiger partial charge on any atom is -0.325 e. The Labute approximate surface area is 153 Å². The maximum Gasteiger partial charge on any atom is 0.244 e. The van der Waals surface area contributed by atoms with Crippen molar-refractivity contribution in [1.29, 1.82) is 0 Å². The molecule has 0 fully saturated rings. The predicted molar refractivity (Wildman–Crippen MR) is 98.7 cm³/mol. The highest BCUT2D eigenvalue weighted by Gasteiger charge is 2.24. The van der Waals surface area contributed by atoms with Gasteiger partial charge >= 0.3 is 0 Å². The molecule has 1 amide bonds. The number of nitrogens with one attached hydrogen (secondary N) is 2. The molecule has 0 aliphatic carbocycles. The Kier molecular flexibility index (Phi) is 5.94. The molecule has 5 nitrogen and oxygen atoms in total. The van der Waals surface area contributed by atoms with Crippen LogP contribution >= 0.6 is 22.6 Å². The highest BCUT2D eigenvalue weighted by molar-refractivity contribution is 14.1. The van der Waals surface area contributed by atoms with Crippen LogP contribution in [0, 0.1) is 16.3 Å². The minimum absolute atomic E-state index is 0.491. The lowest BCUT2D eigenvalue weighted by Gasteiger charge is -2.15. The van der Waals surface area contributed by atoms with Gasteiger partial charge in [-0.3, -0.25) is 4.79 Å². The van der Waals surface area contributed by atoms with E-state index >= 15 is 0 Å². The molecule has 0 saturated carbocycles. The first-order chi connectivity index (χ1) is 11.2. The molecular formula is C16H16FIN2O3S. The summed E-state index contributed by atoms with van der Waals surface area (Å²) in [6.45, 7) is 3.34. The maximum atomic E-state index is 13.6. The summed E-state index contributed by atoms with van der Waals surface area (Å²) in [6.07, 6.45) is 0. The molecule has 128 valence electrons. The fourth-order valence-corrected chi connectivity index (χ4v) is 3.73. The highest BCUT2D eigenvalue weighted by Crippen LogP contribution is 2.18. The summed E-state index contributed by atoms with van der Waals surface area (Å²) >= 11 is 2.14. The molecular weight excluding hydrogens is 446 g/mol. The number of aryl methyl sites for hydroxylation is 1. The zero-order valence-electron chi connectivity index (χ0n) is 13.0. The van der Waals surface area contributed by atoms with Gasteiger partial charge in [-0.05, 0) is 66.3 Å². The summed E-state index contributed by atoms with van der Waals surface area (Å²) in [5.41, 5.74) is 1.63. The third-order valence-corrected chi connectivity index (χ3v) is 6.03. The number of hydrogen-bond acceptors (Lipinski definition) is 3. The Balaban J connectivity index is 2.11. The van der Waals surface area contributed by atoms with Crippen molar-refractivity contribution in [2.75, 3.05) is 5.32 Å². The predicted octanol–water partition coefficient (Wildman–Crippen LogP) is 3.04. The normalized spacial score (nSPS) is 12.7. The van der Waals surface area contributed by atoms with Crippen LogP contribution in [0.2, 0.25) is 0 Å². The van der Waals surface area contributed by atoms with E-state index in [1.807, 2.05) is 13.0 Å². The summed E-state index contributed by atoms with van der Waals surface area (Å²) < 4.78 is 41.2. The summed E-state index contributed by atoms with van der Waals surface area (Å²) in [4.78, 5) is 11.7. The molecule has 0 aromatic heterocycles. The molecule has 0 aliphatic rings. The first-order valence-corrected chi connectivity index (χ1v) is 9.61. The van der Waals surface area contributed by atoms with Crippen molar-refractivity contribution in [2.45, 2.75) is 24.8 Å². The monoisotopic (exact) mass is 462 g/mol. The van der Waals surface area contributed by atoms with E-state index < -0.39 is 32.7 Å². The molecule has 1 atom stereocenters. The van der Waals surface area contributed by atoms with Crippen molar-refractivity contribution in [1.82, 2.24) is 4.72 Å². The number of hydrogen-bond donors (Lipinski definition) is 2. The molecule has 2 rings (SSSR count). The van der Waals surface area contributed by atoms with E-state index in [0.29, 0.717) is 5.69 Å². The molecule has 0 radical (unpaired) electrons. The van der Waals surface area contributed by atoms with Crippen LogP contribution in [0.3, 0.4) is 0 Å². The summed E-state index contributed by atoms with van der Waals surface area (Å²) in [5.74, 6) is -1.40. The van der Waals surface area contributed by atoms with E-state index in [-0.39, 0.29) is 0 Å². The van der Waals surface area contributed by atoms with Crippen molar-refractivity contribution < 1.29 is 17.6 Å². The number of sulfonamides is 1. The largest absolute Gasteiger partial charge is 0.325 e. The van der Waals surface area contributed by atoms with Gasteiger partial charge in [0.25, 0.3) is 0 Å². The van der Waals surface area contributed by atoms with Crippen LogP contribution in [-0.4, -0.2) is 20.4 Å². The first-order valence-electron chi connectivity index (χ1n) is 7.04. The first kappa shape index (κ1) is 18.8. The average Bonchev–Trinajstić information content (AvgIpc) is 2.50. The Morgan fingerprint density at radius 3 is 2.50 bits per heavy atom.